The van der Waals surface area contributed by atoms with Crippen LogP contribution in [0.2, 0.25) is 0 Å². The molecule has 2 N–H and O–H groups in total. The summed E-state index contributed by atoms with van der Waals surface area (Å²) in [5.41, 5.74) is -1.73. The average molecular weight is 460 g/mol. The third-order valence-electron chi connectivity index (χ3n) is 5.71. The summed E-state index contributed by atoms with van der Waals surface area (Å²) in [6, 6.07) is 10.5. The lowest BCUT2D eigenvalue weighted by molar-refractivity contribution is -0.218. The predicted molar refractivity (Wildman–Crippen MR) is 111 cm³/mol. The van der Waals surface area contributed by atoms with Gasteiger partial charge in [-0.05, 0) is 42.7 Å². The lowest BCUT2D eigenvalue weighted by Crippen LogP contribution is -2.64. The van der Waals surface area contributed by atoms with Crippen molar-refractivity contribution in [2.45, 2.75) is 31.6 Å². The van der Waals surface area contributed by atoms with Gasteiger partial charge in [-0.3, -0.25) is 24.3 Å². The highest BCUT2D eigenvalue weighted by Crippen LogP contribution is 2.44. The molecule has 0 aliphatic carbocycles. The number of nitrogens with zero attached hydrogens (tertiary/aromatic N) is 2. The Morgan fingerprint density at radius 3 is 2.39 bits per heavy atom. The molecule has 0 fully saturated rings. The Hall–Kier alpha value is -3.89. The monoisotopic (exact) mass is 460 g/mol. The van der Waals surface area contributed by atoms with Crippen LogP contribution in [0.15, 0.2) is 42.5 Å². The second-order valence-corrected chi connectivity index (χ2v) is 7.71. The predicted octanol–water partition coefficient (Wildman–Crippen LogP) is 2.89. The number of hydrogen-bond donors (Lipinski definition) is 2. The Balaban J connectivity index is 1.90. The van der Waals surface area contributed by atoms with E-state index in [-0.39, 0.29) is 22.5 Å². The molecule has 2 aromatic carbocycles. The van der Waals surface area contributed by atoms with Gasteiger partial charge in [-0.1, -0.05) is 30.3 Å². The first-order valence-electron chi connectivity index (χ1n) is 9.84. The topological polar surface area (TPSA) is 102 Å². The highest BCUT2D eigenvalue weighted by Gasteiger charge is 2.68. The van der Waals surface area contributed by atoms with Crippen LogP contribution in [-0.4, -0.2) is 40.6 Å². The van der Waals surface area contributed by atoms with Crippen molar-refractivity contribution in [3.8, 4) is 0 Å². The standard InChI is InChI=1S/C22H19F3N4O4/c1-11-9-14-15(10-12(11)2)29-20(26-14)27-19(32)21(29,22(23,24)25)28-17(30)16(18(31)33-3)13-7-5-4-6-8-13/h4-10,16H,1-3H3,(H,28,30)(H,26,27,32)/t16-,21?/m0/s1. The van der Waals surface area contributed by atoms with Crippen LogP contribution in [0, 0.1) is 13.8 Å². The van der Waals surface area contributed by atoms with E-state index < -0.39 is 35.5 Å². The van der Waals surface area contributed by atoms with E-state index in [1.54, 1.807) is 26.0 Å². The number of rotatable bonds is 4. The second-order valence-electron chi connectivity index (χ2n) is 7.71. The zero-order valence-corrected chi connectivity index (χ0v) is 17.8. The number of halogens is 3. The summed E-state index contributed by atoms with van der Waals surface area (Å²) in [5, 5.41) is 3.92. The number of esters is 1. The summed E-state index contributed by atoms with van der Waals surface area (Å²) in [5.74, 6) is -6.06. The van der Waals surface area contributed by atoms with Crippen LogP contribution in [0.3, 0.4) is 0 Å². The maximum Gasteiger partial charge on any atom is 0.440 e. The van der Waals surface area contributed by atoms with Gasteiger partial charge in [0.25, 0.3) is 11.6 Å². The molecule has 2 atom stereocenters. The quantitative estimate of drug-likeness (QED) is 0.461. The fourth-order valence-corrected chi connectivity index (χ4v) is 3.90. The van der Waals surface area contributed by atoms with Gasteiger partial charge in [0.2, 0.25) is 11.9 Å². The highest BCUT2D eigenvalue weighted by atomic mass is 19.4. The molecule has 172 valence electrons. The molecule has 1 aliphatic heterocycles. The molecule has 11 heteroatoms. The van der Waals surface area contributed by atoms with Gasteiger partial charge < -0.3 is 10.1 Å². The molecular weight excluding hydrogens is 441 g/mol. The van der Waals surface area contributed by atoms with Crippen LogP contribution < -0.4 is 10.6 Å². The van der Waals surface area contributed by atoms with Gasteiger partial charge in [-0.2, -0.15) is 13.2 Å². The molecule has 0 spiro atoms. The molecule has 4 rings (SSSR count). The van der Waals surface area contributed by atoms with Gasteiger partial charge in [0.05, 0.1) is 18.1 Å². The number of benzene rings is 2. The fourth-order valence-electron chi connectivity index (χ4n) is 3.90. The van der Waals surface area contributed by atoms with Crippen molar-refractivity contribution in [2.75, 3.05) is 12.4 Å². The maximum absolute atomic E-state index is 14.6. The average Bonchev–Trinajstić information content (AvgIpc) is 3.22. The second kappa shape index (κ2) is 7.61. The molecule has 0 saturated carbocycles. The minimum Gasteiger partial charge on any atom is -0.468 e. The summed E-state index contributed by atoms with van der Waals surface area (Å²) >= 11 is 0. The van der Waals surface area contributed by atoms with E-state index in [1.165, 1.54) is 30.3 Å². The van der Waals surface area contributed by atoms with Crippen LogP contribution in [0.1, 0.15) is 22.6 Å². The number of hydrogen-bond acceptors (Lipinski definition) is 5. The number of carbonyl (C=O) groups excluding carboxylic acids is 3. The molecule has 0 radical (unpaired) electrons. The van der Waals surface area contributed by atoms with Crippen molar-refractivity contribution >= 4 is 34.8 Å². The first-order chi connectivity index (χ1) is 15.5. The number of aromatic nitrogens is 2. The molecule has 1 unspecified atom stereocenters. The van der Waals surface area contributed by atoms with Crippen LogP contribution in [0.4, 0.5) is 19.1 Å². The summed E-state index contributed by atoms with van der Waals surface area (Å²) in [6.07, 6.45) is -5.28. The van der Waals surface area contributed by atoms with Crippen LogP contribution in [0.25, 0.3) is 11.0 Å². The molecule has 3 aromatic rings. The molecule has 0 bridgehead atoms. The third-order valence-corrected chi connectivity index (χ3v) is 5.71. The minimum atomic E-state index is -5.28. The van der Waals surface area contributed by atoms with Crippen molar-refractivity contribution in [1.29, 1.82) is 0 Å². The summed E-state index contributed by atoms with van der Waals surface area (Å²) in [6.45, 7) is 3.48. The van der Waals surface area contributed by atoms with Gasteiger partial charge in [0.1, 0.15) is 0 Å². The van der Waals surface area contributed by atoms with Crippen molar-refractivity contribution in [3.05, 3.63) is 59.2 Å². The summed E-state index contributed by atoms with van der Waals surface area (Å²) in [7, 11) is 1.01. The smallest absolute Gasteiger partial charge is 0.440 e. The minimum absolute atomic E-state index is 0.00148. The van der Waals surface area contributed by atoms with E-state index in [0.717, 1.165) is 12.7 Å². The molecule has 0 saturated heterocycles. The van der Waals surface area contributed by atoms with Crippen LogP contribution >= 0.6 is 0 Å². The van der Waals surface area contributed by atoms with Gasteiger partial charge in [0.15, 0.2) is 5.92 Å². The third kappa shape index (κ3) is 3.31. The van der Waals surface area contributed by atoms with Gasteiger partial charge >= 0.3 is 12.1 Å². The molecular formula is C22H19F3N4O4. The molecule has 8 nitrogen and oxygen atoms in total. The number of aryl methyl sites for hydroxylation is 2. The Kier molecular flexibility index (Phi) is 5.14. The van der Waals surface area contributed by atoms with E-state index >= 15 is 0 Å². The van der Waals surface area contributed by atoms with E-state index in [1.807, 2.05) is 5.32 Å². The molecule has 1 aromatic heterocycles. The van der Waals surface area contributed by atoms with Crippen molar-refractivity contribution < 1.29 is 32.3 Å². The number of alkyl halides is 3. The SMILES string of the molecule is COC(=O)[C@H](C(=O)NC1(C(F)(F)F)C(=O)Nc2nc3cc(C)c(C)cc3n21)c1ccccc1. The lowest BCUT2D eigenvalue weighted by atomic mass is 9.96. The number of fused-ring (bicyclic) bond motifs is 3. The van der Waals surface area contributed by atoms with E-state index in [2.05, 4.69) is 15.0 Å². The number of anilines is 1. The zero-order chi connectivity index (χ0) is 24.1. The number of ether oxygens (including phenoxy) is 1. The zero-order valence-electron chi connectivity index (χ0n) is 17.8. The van der Waals surface area contributed by atoms with E-state index in [9.17, 15) is 27.6 Å². The van der Waals surface area contributed by atoms with Gasteiger partial charge in [-0.25, -0.2) is 4.98 Å². The Morgan fingerprint density at radius 1 is 1.15 bits per heavy atom. The molecule has 2 heterocycles. The van der Waals surface area contributed by atoms with Gasteiger partial charge in [0, 0.05) is 0 Å². The van der Waals surface area contributed by atoms with Gasteiger partial charge in [-0.15, -0.1) is 0 Å². The number of imidazole rings is 1. The van der Waals surface area contributed by atoms with E-state index in [4.69, 9.17) is 0 Å². The van der Waals surface area contributed by atoms with Crippen LogP contribution in [-0.2, 0) is 24.8 Å². The van der Waals surface area contributed by atoms with E-state index in [0.29, 0.717) is 10.1 Å². The number of methoxy groups -OCH3 is 1. The lowest BCUT2D eigenvalue weighted by Gasteiger charge is -2.33. The van der Waals surface area contributed by atoms with Crippen molar-refractivity contribution in [3.63, 3.8) is 0 Å². The number of carbonyl (C=O) groups is 3. The molecule has 33 heavy (non-hydrogen) atoms. The maximum atomic E-state index is 14.6. The first kappa shape index (κ1) is 22.3. The largest absolute Gasteiger partial charge is 0.468 e. The first-order valence-corrected chi connectivity index (χ1v) is 9.84. The summed E-state index contributed by atoms with van der Waals surface area (Å²) < 4.78 is 49.1. The Labute approximate surface area is 185 Å². The Morgan fingerprint density at radius 2 is 1.79 bits per heavy atom. The summed E-state index contributed by atoms with van der Waals surface area (Å²) in [4.78, 5) is 42.4. The molecule has 1 aliphatic rings. The number of amides is 2. The fraction of sp³-hybridized carbons (Fsp3) is 0.273. The normalized spacial score (nSPS) is 18.5. The van der Waals surface area contributed by atoms with Crippen LogP contribution in [0.5, 0.6) is 0 Å². The highest BCUT2D eigenvalue weighted by molar-refractivity contribution is 6.09. The molecule has 2 amide bonds. The number of nitrogens with one attached hydrogen (secondary N) is 2. The Bertz CT molecular complexity index is 1290. The van der Waals surface area contributed by atoms with Crippen molar-refractivity contribution in [2.24, 2.45) is 0 Å². The van der Waals surface area contributed by atoms with Crippen molar-refractivity contribution in [1.82, 2.24) is 14.9 Å².